The highest BCUT2D eigenvalue weighted by Gasteiger charge is 2.02. The molecular formula is C10H23N2O2. The Kier molecular flexibility index (Phi) is 10.8. The zero-order chi connectivity index (χ0) is 10.6. The number of ether oxygens (including phenoxy) is 2. The summed E-state index contributed by atoms with van der Waals surface area (Å²) >= 11 is 0. The highest BCUT2D eigenvalue weighted by Crippen LogP contribution is 1.94. The molecule has 0 aliphatic rings. The van der Waals surface area contributed by atoms with E-state index in [1.807, 2.05) is 0 Å². The third-order valence-corrected chi connectivity index (χ3v) is 2.07. The Balaban J connectivity index is 3.44. The number of hydrogen-bond acceptors (Lipinski definition) is 3. The van der Waals surface area contributed by atoms with E-state index < -0.39 is 0 Å². The van der Waals surface area contributed by atoms with Crippen LogP contribution in [0.25, 0.3) is 0 Å². The molecule has 0 atom stereocenters. The van der Waals surface area contributed by atoms with Crippen LogP contribution in [0.3, 0.4) is 0 Å². The van der Waals surface area contributed by atoms with E-state index in [9.17, 15) is 0 Å². The lowest BCUT2D eigenvalue weighted by molar-refractivity contribution is 0.154. The van der Waals surface area contributed by atoms with E-state index in [1.54, 1.807) is 14.2 Å². The number of nitrogens with one attached hydrogen (secondary N) is 1. The predicted molar refractivity (Wildman–Crippen MR) is 57.4 cm³/mol. The van der Waals surface area contributed by atoms with E-state index in [-0.39, 0.29) is 0 Å². The normalized spacial score (nSPS) is 11.1. The van der Waals surface area contributed by atoms with Crippen LogP contribution in [0.15, 0.2) is 0 Å². The maximum absolute atomic E-state index is 7.19. The van der Waals surface area contributed by atoms with Crippen LogP contribution in [0.5, 0.6) is 0 Å². The summed E-state index contributed by atoms with van der Waals surface area (Å²) in [6.07, 6.45) is 2.09. The van der Waals surface area contributed by atoms with Gasteiger partial charge >= 0.3 is 0 Å². The summed E-state index contributed by atoms with van der Waals surface area (Å²) in [6, 6.07) is 0. The molecule has 0 rings (SSSR count). The summed E-state index contributed by atoms with van der Waals surface area (Å²) in [4.78, 5) is 2.30. The van der Waals surface area contributed by atoms with Crippen LogP contribution >= 0.6 is 0 Å². The summed E-state index contributed by atoms with van der Waals surface area (Å²) in [5.41, 5.74) is 7.19. The highest BCUT2D eigenvalue weighted by molar-refractivity contribution is 4.58. The van der Waals surface area contributed by atoms with E-state index >= 15 is 0 Å². The molecule has 0 saturated heterocycles. The molecule has 0 bridgehead atoms. The Morgan fingerprint density at radius 2 is 1.43 bits per heavy atom. The van der Waals surface area contributed by atoms with Gasteiger partial charge in [-0.2, -0.15) is 0 Å². The van der Waals surface area contributed by atoms with Gasteiger partial charge in [0.1, 0.15) is 0 Å². The van der Waals surface area contributed by atoms with Crippen LogP contribution in [0, 0.1) is 0 Å². The zero-order valence-electron chi connectivity index (χ0n) is 9.42. The van der Waals surface area contributed by atoms with Crippen LogP contribution in [0.1, 0.15) is 12.8 Å². The van der Waals surface area contributed by atoms with Crippen molar-refractivity contribution in [3.8, 4) is 0 Å². The van der Waals surface area contributed by atoms with Crippen LogP contribution in [0.4, 0.5) is 0 Å². The van der Waals surface area contributed by atoms with E-state index in [2.05, 4.69) is 4.90 Å². The van der Waals surface area contributed by atoms with E-state index in [0.29, 0.717) is 6.54 Å². The average Bonchev–Trinajstić information content (AvgIpc) is 2.18. The first-order valence-corrected chi connectivity index (χ1v) is 5.20. The lowest BCUT2D eigenvalue weighted by Gasteiger charge is -2.20. The van der Waals surface area contributed by atoms with Crippen LogP contribution < -0.4 is 5.73 Å². The summed E-state index contributed by atoms with van der Waals surface area (Å²) in [7, 11) is 3.44. The van der Waals surface area contributed by atoms with Gasteiger partial charge in [-0.15, -0.1) is 0 Å². The minimum Gasteiger partial charge on any atom is -0.385 e. The van der Waals surface area contributed by atoms with Crippen LogP contribution in [-0.4, -0.2) is 58.5 Å². The molecule has 1 N–H and O–H groups in total. The fraction of sp³-hybridized carbons (Fsp3) is 1.00. The molecule has 0 amide bonds. The SMILES string of the molecule is COCCCN(CC[NH])CCCOC. The molecule has 4 nitrogen and oxygen atoms in total. The monoisotopic (exact) mass is 203 g/mol. The molecule has 14 heavy (non-hydrogen) atoms. The molecule has 0 aromatic rings. The maximum Gasteiger partial charge on any atom is 0.0474 e. The molecule has 0 spiro atoms. The van der Waals surface area contributed by atoms with E-state index in [0.717, 1.165) is 45.7 Å². The van der Waals surface area contributed by atoms with Gasteiger partial charge in [-0.25, -0.2) is 0 Å². The Morgan fingerprint density at radius 1 is 0.929 bits per heavy atom. The largest absolute Gasteiger partial charge is 0.385 e. The first-order chi connectivity index (χ1) is 6.85. The van der Waals surface area contributed by atoms with Crippen molar-refractivity contribution in [2.24, 2.45) is 0 Å². The summed E-state index contributed by atoms with van der Waals surface area (Å²) in [6.45, 7) is 4.98. The standard InChI is InChI=1S/C10H23N2O2/c1-13-9-3-6-12(8-5-11)7-4-10-14-2/h11H,3-10H2,1-2H3. The van der Waals surface area contributed by atoms with Gasteiger partial charge in [0, 0.05) is 53.6 Å². The number of nitrogens with zero attached hydrogens (tertiary/aromatic N) is 1. The van der Waals surface area contributed by atoms with Crippen LogP contribution in [0.2, 0.25) is 0 Å². The van der Waals surface area contributed by atoms with Crippen molar-refractivity contribution in [2.75, 3.05) is 53.6 Å². The van der Waals surface area contributed by atoms with Gasteiger partial charge in [-0.3, -0.25) is 5.73 Å². The smallest absolute Gasteiger partial charge is 0.0474 e. The minimum atomic E-state index is 0.472. The quantitative estimate of drug-likeness (QED) is 0.490. The van der Waals surface area contributed by atoms with Crippen molar-refractivity contribution in [3.05, 3.63) is 0 Å². The topological polar surface area (TPSA) is 45.5 Å². The minimum absolute atomic E-state index is 0.472. The van der Waals surface area contributed by atoms with Crippen molar-refractivity contribution < 1.29 is 9.47 Å². The number of hydrogen-bond donors (Lipinski definition) is 0. The van der Waals surface area contributed by atoms with Gasteiger partial charge in [-0.1, -0.05) is 0 Å². The molecule has 0 aliphatic heterocycles. The Bertz CT molecular complexity index is 102. The molecule has 0 saturated carbocycles. The lowest BCUT2D eigenvalue weighted by Crippen LogP contribution is -2.30. The lowest BCUT2D eigenvalue weighted by atomic mass is 10.3. The van der Waals surface area contributed by atoms with Crippen molar-refractivity contribution in [3.63, 3.8) is 0 Å². The molecule has 0 aromatic carbocycles. The molecule has 4 heteroatoms. The molecule has 0 aliphatic carbocycles. The van der Waals surface area contributed by atoms with Crippen molar-refractivity contribution in [1.82, 2.24) is 10.6 Å². The van der Waals surface area contributed by atoms with E-state index in [1.165, 1.54) is 0 Å². The second kappa shape index (κ2) is 10.9. The van der Waals surface area contributed by atoms with Crippen molar-refractivity contribution >= 4 is 0 Å². The second-order valence-corrected chi connectivity index (χ2v) is 3.28. The zero-order valence-corrected chi connectivity index (χ0v) is 9.42. The average molecular weight is 203 g/mol. The molecule has 1 radical (unpaired) electrons. The highest BCUT2D eigenvalue weighted by atomic mass is 16.5. The Labute approximate surface area is 87.4 Å². The van der Waals surface area contributed by atoms with Crippen LogP contribution in [-0.2, 0) is 9.47 Å². The summed E-state index contributed by atoms with van der Waals surface area (Å²) in [5.74, 6) is 0. The summed E-state index contributed by atoms with van der Waals surface area (Å²) in [5, 5.41) is 0. The number of methoxy groups -OCH3 is 2. The Hall–Kier alpha value is -0.160. The molecule has 0 heterocycles. The number of rotatable bonds is 10. The maximum atomic E-state index is 7.19. The van der Waals surface area contributed by atoms with Gasteiger partial charge < -0.3 is 14.4 Å². The second-order valence-electron chi connectivity index (χ2n) is 3.28. The van der Waals surface area contributed by atoms with Gasteiger partial charge in [0.05, 0.1) is 0 Å². The molecular weight excluding hydrogens is 180 g/mol. The van der Waals surface area contributed by atoms with Gasteiger partial charge in [0.25, 0.3) is 0 Å². The van der Waals surface area contributed by atoms with Gasteiger partial charge in [0.2, 0.25) is 0 Å². The first kappa shape index (κ1) is 13.8. The fourth-order valence-corrected chi connectivity index (χ4v) is 1.36. The van der Waals surface area contributed by atoms with Gasteiger partial charge in [0.15, 0.2) is 0 Å². The third kappa shape index (κ3) is 8.44. The Morgan fingerprint density at radius 3 is 1.79 bits per heavy atom. The van der Waals surface area contributed by atoms with E-state index in [4.69, 9.17) is 15.2 Å². The van der Waals surface area contributed by atoms with Crippen molar-refractivity contribution in [1.29, 1.82) is 0 Å². The van der Waals surface area contributed by atoms with Gasteiger partial charge in [-0.05, 0) is 12.8 Å². The molecule has 0 aromatic heterocycles. The molecule has 85 valence electrons. The summed E-state index contributed by atoms with van der Waals surface area (Å²) < 4.78 is 10.00. The predicted octanol–water partition coefficient (Wildman–Crippen LogP) is 0.644. The molecule has 0 unspecified atom stereocenters. The fourth-order valence-electron chi connectivity index (χ4n) is 1.36. The van der Waals surface area contributed by atoms with Crippen molar-refractivity contribution in [2.45, 2.75) is 12.8 Å². The molecule has 0 fully saturated rings. The first-order valence-electron chi connectivity index (χ1n) is 5.20. The third-order valence-electron chi connectivity index (χ3n) is 2.07.